The first-order valence-corrected chi connectivity index (χ1v) is 10.3. The quantitative estimate of drug-likeness (QED) is 0.660. The second-order valence-electron chi connectivity index (χ2n) is 7.41. The minimum absolute atomic E-state index is 0.190. The summed E-state index contributed by atoms with van der Waals surface area (Å²) in [6.07, 6.45) is 1.87. The average Bonchev–Trinajstić information content (AvgIpc) is 2.94. The first-order chi connectivity index (χ1) is 12.2. The fraction of sp³-hybridized carbons (Fsp3) is 0.429. The summed E-state index contributed by atoms with van der Waals surface area (Å²) in [5.74, 6) is 0.390. The van der Waals surface area contributed by atoms with Gasteiger partial charge in [-0.15, -0.1) is 0 Å². The Hall–Kier alpha value is -2.01. The van der Waals surface area contributed by atoms with Gasteiger partial charge in [0.2, 0.25) is 5.16 Å². The zero-order chi connectivity index (χ0) is 19.2. The van der Waals surface area contributed by atoms with Crippen LogP contribution >= 0.6 is 0 Å². The summed E-state index contributed by atoms with van der Waals surface area (Å²) in [7, 11) is -1.25. The van der Waals surface area contributed by atoms with Crippen molar-refractivity contribution < 1.29 is 4.21 Å². The predicted octanol–water partition coefficient (Wildman–Crippen LogP) is 4.86. The summed E-state index contributed by atoms with van der Waals surface area (Å²) >= 11 is 0. The van der Waals surface area contributed by atoms with Gasteiger partial charge in [-0.3, -0.25) is 9.19 Å². The average molecular weight is 370 g/mol. The van der Waals surface area contributed by atoms with Crippen LogP contribution in [0.15, 0.2) is 23.5 Å². The number of pyridine rings is 1. The molecule has 1 unspecified atom stereocenters. The van der Waals surface area contributed by atoms with E-state index in [0.717, 1.165) is 27.9 Å². The van der Waals surface area contributed by atoms with Crippen LogP contribution in [-0.2, 0) is 16.6 Å². The van der Waals surface area contributed by atoms with E-state index >= 15 is 0 Å². The number of benzene rings is 1. The molecular formula is C21H27N3OS. The minimum atomic E-state index is -1.25. The molecule has 0 amide bonds. The number of nitrogens with zero attached hydrogens (tertiary/aromatic N) is 3. The van der Waals surface area contributed by atoms with Crippen molar-refractivity contribution in [1.29, 1.82) is 0 Å². The van der Waals surface area contributed by atoms with Gasteiger partial charge >= 0.3 is 0 Å². The molecule has 1 aromatic carbocycles. The first-order valence-electron chi connectivity index (χ1n) is 9.00. The van der Waals surface area contributed by atoms with Gasteiger partial charge in [-0.05, 0) is 88.4 Å². The number of rotatable bonds is 4. The lowest BCUT2D eigenvalue weighted by atomic mass is 10.1. The second-order valence-corrected chi connectivity index (χ2v) is 8.76. The number of imidazole rings is 1. The number of fused-ring (bicyclic) bond motifs is 1. The fourth-order valence-electron chi connectivity index (χ4n) is 3.20. The van der Waals surface area contributed by atoms with Crippen molar-refractivity contribution in [3.8, 4) is 0 Å². The van der Waals surface area contributed by atoms with Crippen LogP contribution in [0.3, 0.4) is 0 Å². The zero-order valence-electron chi connectivity index (χ0n) is 16.7. The van der Waals surface area contributed by atoms with Crippen molar-refractivity contribution in [2.45, 2.75) is 65.4 Å². The van der Waals surface area contributed by atoms with E-state index < -0.39 is 10.8 Å². The Morgan fingerprint density at radius 1 is 1.00 bits per heavy atom. The molecule has 138 valence electrons. The van der Waals surface area contributed by atoms with Crippen molar-refractivity contribution in [3.05, 3.63) is 51.8 Å². The number of aromatic nitrogens is 3. The highest BCUT2D eigenvalue weighted by molar-refractivity contribution is 7.84. The van der Waals surface area contributed by atoms with Gasteiger partial charge < -0.3 is 4.57 Å². The van der Waals surface area contributed by atoms with Crippen molar-refractivity contribution in [1.82, 2.24) is 14.5 Å². The molecule has 1 atom stereocenters. The van der Waals surface area contributed by atoms with Crippen molar-refractivity contribution >= 4 is 21.8 Å². The Balaban J connectivity index is 2.08. The van der Waals surface area contributed by atoms with Crippen LogP contribution in [0.2, 0.25) is 0 Å². The maximum Gasteiger partial charge on any atom is 0.200 e. The van der Waals surface area contributed by atoms with Gasteiger partial charge in [0, 0.05) is 12.2 Å². The predicted molar refractivity (Wildman–Crippen MR) is 108 cm³/mol. The lowest BCUT2D eigenvalue weighted by Gasteiger charge is -2.14. The molecule has 4 nitrogen and oxygen atoms in total. The van der Waals surface area contributed by atoms with Gasteiger partial charge in [-0.25, -0.2) is 4.98 Å². The maximum absolute atomic E-state index is 13.2. The van der Waals surface area contributed by atoms with E-state index in [2.05, 4.69) is 70.1 Å². The van der Waals surface area contributed by atoms with E-state index in [1.807, 2.05) is 6.20 Å². The van der Waals surface area contributed by atoms with Gasteiger partial charge in [0.15, 0.2) is 0 Å². The topological polar surface area (TPSA) is 47.8 Å². The molecule has 2 heterocycles. The molecule has 5 heteroatoms. The van der Waals surface area contributed by atoms with Crippen LogP contribution in [0, 0.1) is 34.6 Å². The highest BCUT2D eigenvalue weighted by atomic mass is 32.2. The van der Waals surface area contributed by atoms with Crippen molar-refractivity contribution in [2.24, 2.45) is 0 Å². The van der Waals surface area contributed by atoms with Gasteiger partial charge in [0.05, 0.1) is 33.3 Å². The molecule has 0 aliphatic heterocycles. The Labute approximate surface area is 158 Å². The highest BCUT2D eigenvalue weighted by Crippen LogP contribution is 2.27. The summed E-state index contributed by atoms with van der Waals surface area (Å²) in [6, 6.07) is 4.43. The lowest BCUT2D eigenvalue weighted by Crippen LogP contribution is -2.11. The van der Waals surface area contributed by atoms with E-state index in [9.17, 15) is 4.21 Å². The summed E-state index contributed by atoms with van der Waals surface area (Å²) in [6.45, 7) is 14.6. The third-order valence-corrected chi connectivity index (χ3v) is 6.49. The van der Waals surface area contributed by atoms with Gasteiger partial charge in [0.25, 0.3) is 0 Å². The highest BCUT2D eigenvalue weighted by Gasteiger charge is 2.20. The smallest absolute Gasteiger partial charge is 0.200 e. The molecule has 0 fully saturated rings. The zero-order valence-corrected chi connectivity index (χ0v) is 17.5. The summed E-state index contributed by atoms with van der Waals surface area (Å²) in [4.78, 5) is 9.27. The van der Waals surface area contributed by atoms with E-state index in [-0.39, 0.29) is 6.04 Å². The molecule has 2 aromatic heterocycles. The molecule has 26 heavy (non-hydrogen) atoms. The molecule has 0 N–H and O–H groups in total. The molecular weight excluding hydrogens is 342 g/mol. The van der Waals surface area contributed by atoms with E-state index in [0.29, 0.717) is 10.9 Å². The Morgan fingerprint density at radius 3 is 2.31 bits per heavy atom. The Bertz CT molecular complexity index is 1020. The van der Waals surface area contributed by atoms with Crippen molar-refractivity contribution in [2.75, 3.05) is 0 Å². The van der Waals surface area contributed by atoms with Crippen LogP contribution in [0.1, 0.15) is 53.4 Å². The third kappa shape index (κ3) is 3.20. The molecule has 3 rings (SSSR count). The minimum Gasteiger partial charge on any atom is -0.314 e. The molecule has 0 bridgehead atoms. The third-order valence-electron chi connectivity index (χ3n) is 5.26. The molecule has 0 radical (unpaired) electrons. The van der Waals surface area contributed by atoms with E-state index in [1.165, 1.54) is 16.7 Å². The van der Waals surface area contributed by atoms with Crippen LogP contribution < -0.4 is 0 Å². The molecule has 0 aliphatic carbocycles. The molecule has 0 spiro atoms. The number of hydrogen-bond donors (Lipinski definition) is 0. The largest absolute Gasteiger partial charge is 0.314 e. The first kappa shape index (κ1) is 18.8. The molecule has 0 saturated carbocycles. The maximum atomic E-state index is 13.2. The number of hydrogen-bond acceptors (Lipinski definition) is 3. The summed E-state index contributed by atoms with van der Waals surface area (Å²) in [5.41, 5.74) is 8.79. The molecule has 3 aromatic rings. The molecule has 0 saturated heterocycles. The Morgan fingerprint density at radius 2 is 1.65 bits per heavy atom. The summed E-state index contributed by atoms with van der Waals surface area (Å²) in [5, 5.41) is 0.638. The van der Waals surface area contributed by atoms with E-state index in [4.69, 9.17) is 4.98 Å². The van der Waals surface area contributed by atoms with Crippen LogP contribution in [-0.4, -0.2) is 18.7 Å². The SMILES string of the molecule is Cc1cc2nc(S(=O)Cc3ncc(C)c(C)c3C)n(C(C)C)c2cc1C. The fourth-order valence-corrected chi connectivity index (χ4v) is 4.60. The Kier molecular flexibility index (Phi) is 5.02. The lowest BCUT2D eigenvalue weighted by molar-refractivity contribution is 0.556. The standard InChI is InChI=1S/C21H27N3OS/c1-12(2)24-20-9-14(4)13(3)8-18(20)23-21(24)26(25)11-19-17(7)16(6)15(5)10-22-19/h8-10,12H,11H2,1-7H3. The van der Waals surface area contributed by atoms with E-state index in [1.54, 1.807) is 0 Å². The van der Waals surface area contributed by atoms with Crippen molar-refractivity contribution in [3.63, 3.8) is 0 Å². The van der Waals surface area contributed by atoms with Crippen LogP contribution in [0.5, 0.6) is 0 Å². The van der Waals surface area contributed by atoms with Crippen LogP contribution in [0.4, 0.5) is 0 Å². The normalized spacial score (nSPS) is 12.9. The monoisotopic (exact) mass is 369 g/mol. The molecule has 0 aliphatic rings. The van der Waals surface area contributed by atoms with Gasteiger partial charge in [-0.1, -0.05) is 0 Å². The van der Waals surface area contributed by atoms with Gasteiger partial charge in [0.1, 0.15) is 0 Å². The van der Waals surface area contributed by atoms with Gasteiger partial charge in [-0.2, -0.15) is 0 Å². The second kappa shape index (κ2) is 6.95. The summed E-state index contributed by atoms with van der Waals surface area (Å²) < 4.78 is 15.3. The van der Waals surface area contributed by atoms with Crippen LogP contribution in [0.25, 0.3) is 11.0 Å². The number of aryl methyl sites for hydroxylation is 3.